The molecule has 0 radical (unpaired) electrons. The van der Waals surface area contributed by atoms with Crippen LogP contribution in [-0.2, 0) is 9.53 Å². The highest BCUT2D eigenvalue weighted by Gasteiger charge is 2.35. The summed E-state index contributed by atoms with van der Waals surface area (Å²) in [6, 6.07) is 5.81. The van der Waals surface area contributed by atoms with E-state index in [0.717, 1.165) is 4.88 Å². The van der Waals surface area contributed by atoms with E-state index >= 15 is 0 Å². The molecule has 1 aromatic heterocycles. The van der Waals surface area contributed by atoms with Crippen molar-refractivity contribution in [3.63, 3.8) is 0 Å². The lowest BCUT2D eigenvalue weighted by molar-refractivity contribution is -0.143. The van der Waals surface area contributed by atoms with E-state index in [-0.39, 0.29) is 17.2 Å². The highest BCUT2D eigenvalue weighted by Crippen LogP contribution is 2.35. The van der Waals surface area contributed by atoms with Gasteiger partial charge in [-0.25, -0.2) is 4.99 Å². The number of rotatable bonds is 3. The van der Waals surface area contributed by atoms with E-state index in [1.807, 2.05) is 17.5 Å². The Morgan fingerprint density at radius 1 is 1.65 bits per heavy atom. The average molecular weight is 304 g/mol. The average Bonchev–Trinajstić information content (AvgIpc) is 2.91. The van der Waals surface area contributed by atoms with Gasteiger partial charge in [-0.3, -0.25) is 4.79 Å². The van der Waals surface area contributed by atoms with Crippen molar-refractivity contribution in [2.24, 2.45) is 10.9 Å². The maximum atomic E-state index is 12.2. The van der Waals surface area contributed by atoms with Gasteiger partial charge in [-0.1, -0.05) is 18.3 Å². The van der Waals surface area contributed by atoms with Crippen LogP contribution in [0.15, 0.2) is 28.1 Å². The molecule has 0 bridgehead atoms. The molecular weight excluding hydrogens is 292 g/mol. The molecule has 0 spiro atoms. The number of thiocarbonyl (C=S) groups is 1. The lowest BCUT2D eigenvalue weighted by Gasteiger charge is -2.23. The summed E-state index contributed by atoms with van der Waals surface area (Å²) in [7, 11) is 0. The van der Waals surface area contributed by atoms with Gasteiger partial charge >= 0.3 is 5.97 Å². The zero-order valence-electron chi connectivity index (χ0n) is 11.0. The number of hydrogen-bond donors (Lipinski definition) is 0. The van der Waals surface area contributed by atoms with Gasteiger partial charge in [0, 0.05) is 16.2 Å². The van der Waals surface area contributed by atoms with Gasteiger partial charge in [0.05, 0.1) is 12.2 Å². The molecule has 1 aliphatic rings. The molecule has 6 heteroatoms. The van der Waals surface area contributed by atoms with E-state index in [1.165, 1.54) is 11.3 Å². The van der Waals surface area contributed by atoms with E-state index in [1.54, 1.807) is 13.8 Å². The third kappa shape index (κ3) is 2.55. The molecule has 0 saturated heterocycles. The van der Waals surface area contributed by atoms with Gasteiger partial charge in [0.2, 0.25) is 0 Å². The fourth-order valence-electron chi connectivity index (χ4n) is 2.07. The first-order chi connectivity index (χ1) is 9.60. The number of dihydropyridines is 1. The van der Waals surface area contributed by atoms with Crippen LogP contribution in [-0.4, -0.2) is 23.3 Å². The van der Waals surface area contributed by atoms with E-state index in [4.69, 9.17) is 17.0 Å². The van der Waals surface area contributed by atoms with Crippen molar-refractivity contribution in [2.75, 3.05) is 6.61 Å². The first kappa shape index (κ1) is 14.6. The Morgan fingerprint density at radius 2 is 2.40 bits per heavy atom. The number of carbonyl (C=O) groups excluding carboxylic acids is 1. The second-order valence-corrected chi connectivity index (χ2v) is 5.46. The van der Waals surface area contributed by atoms with Crippen LogP contribution in [0, 0.1) is 17.2 Å². The van der Waals surface area contributed by atoms with E-state index in [9.17, 15) is 10.1 Å². The van der Waals surface area contributed by atoms with Crippen LogP contribution < -0.4 is 0 Å². The molecule has 0 aromatic carbocycles. The van der Waals surface area contributed by atoms with Crippen molar-refractivity contribution in [3.05, 3.63) is 28.0 Å². The second kappa shape index (κ2) is 6.07. The number of nitrogens with zero attached hydrogens (tertiary/aromatic N) is 2. The zero-order chi connectivity index (χ0) is 14.7. The van der Waals surface area contributed by atoms with Gasteiger partial charge in [0.15, 0.2) is 0 Å². The Bertz CT molecular complexity index is 651. The predicted octanol–water partition coefficient (Wildman–Crippen LogP) is 3.01. The molecule has 1 atom stereocenters. The summed E-state index contributed by atoms with van der Waals surface area (Å²) >= 11 is 6.60. The Kier molecular flexibility index (Phi) is 4.42. The summed E-state index contributed by atoms with van der Waals surface area (Å²) in [5.74, 6) is -1.05. The summed E-state index contributed by atoms with van der Waals surface area (Å²) in [6.07, 6.45) is 0. The zero-order valence-corrected chi connectivity index (χ0v) is 12.7. The highest BCUT2D eigenvalue weighted by atomic mass is 32.1. The summed E-state index contributed by atoms with van der Waals surface area (Å²) in [6.45, 7) is 3.76. The van der Waals surface area contributed by atoms with Crippen LogP contribution in [0.2, 0.25) is 0 Å². The van der Waals surface area contributed by atoms with Crippen molar-refractivity contribution >= 4 is 45.8 Å². The van der Waals surface area contributed by atoms with Crippen LogP contribution in [0.3, 0.4) is 0 Å². The van der Waals surface area contributed by atoms with Crippen LogP contribution in [0.1, 0.15) is 18.7 Å². The fraction of sp³-hybridized carbons (Fsp3) is 0.286. The molecule has 0 fully saturated rings. The first-order valence-corrected chi connectivity index (χ1v) is 7.33. The van der Waals surface area contributed by atoms with Crippen molar-refractivity contribution < 1.29 is 9.53 Å². The van der Waals surface area contributed by atoms with Gasteiger partial charge in [-0.2, -0.15) is 5.26 Å². The maximum Gasteiger partial charge on any atom is 0.319 e. The smallest absolute Gasteiger partial charge is 0.319 e. The molecular formula is C14H12N2O2S2. The molecule has 0 aliphatic carbocycles. The Labute approximate surface area is 126 Å². The first-order valence-electron chi connectivity index (χ1n) is 6.04. The third-order valence-corrected chi connectivity index (χ3v) is 4.09. The Hall–Kier alpha value is -1.84. The number of ether oxygens (including phenoxy) is 1. The fourth-order valence-corrected chi connectivity index (χ4v) is 3.18. The number of hydrogen-bond acceptors (Lipinski definition) is 5. The van der Waals surface area contributed by atoms with Crippen LogP contribution in [0.25, 0.3) is 5.57 Å². The number of thiophene rings is 1. The highest BCUT2D eigenvalue weighted by molar-refractivity contribution is 7.80. The largest absolute Gasteiger partial charge is 0.465 e. The summed E-state index contributed by atoms with van der Waals surface area (Å²) in [5.41, 5.74) is 1.46. The minimum atomic E-state index is -0.657. The van der Waals surface area contributed by atoms with Crippen molar-refractivity contribution in [1.29, 1.82) is 5.26 Å². The quantitative estimate of drug-likeness (QED) is 0.636. The normalized spacial score (nSPS) is 18.6. The maximum absolute atomic E-state index is 12.2. The predicted molar refractivity (Wildman–Crippen MR) is 82.7 cm³/mol. The Morgan fingerprint density at radius 3 is 2.95 bits per heavy atom. The SMILES string of the molecule is CCOC(=O)C1C(C)=NC(=S)C(C#N)=C1c1cccs1. The van der Waals surface area contributed by atoms with Gasteiger partial charge < -0.3 is 4.74 Å². The minimum Gasteiger partial charge on any atom is -0.465 e. The van der Waals surface area contributed by atoms with Gasteiger partial charge in [-0.05, 0) is 25.3 Å². The number of nitriles is 1. The second-order valence-electron chi connectivity index (χ2n) is 4.12. The molecule has 102 valence electrons. The molecule has 1 aliphatic heterocycles. The van der Waals surface area contributed by atoms with E-state index in [0.29, 0.717) is 11.3 Å². The molecule has 2 rings (SSSR count). The molecule has 20 heavy (non-hydrogen) atoms. The molecule has 4 nitrogen and oxygen atoms in total. The lowest BCUT2D eigenvalue weighted by atomic mass is 9.87. The molecule has 1 aromatic rings. The topological polar surface area (TPSA) is 62.4 Å². The summed E-state index contributed by atoms with van der Waals surface area (Å²) < 4.78 is 5.11. The van der Waals surface area contributed by atoms with E-state index in [2.05, 4.69) is 11.1 Å². The van der Waals surface area contributed by atoms with Crippen LogP contribution in [0.4, 0.5) is 0 Å². The summed E-state index contributed by atoms with van der Waals surface area (Å²) in [4.78, 5) is 17.4. The van der Waals surface area contributed by atoms with Gasteiger partial charge in [0.1, 0.15) is 17.0 Å². The molecule has 0 N–H and O–H groups in total. The number of esters is 1. The van der Waals surface area contributed by atoms with Crippen LogP contribution in [0.5, 0.6) is 0 Å². The monoisotopic (exact) mass is 304 g/mol. The van der Waals surface area contributed by atoms with Gasteiger partial charge in [0.25, 0.3) is 0 Å². The van der Waals surface area contributed by atoms with Crippen molar-refractivity contribution in [1.82, 2.24) is 0 Å². The van der Waals surface area contributed by atoms with Crippen LogP contribution >= 0.6 is 23.6 Å². The van der Waals surface area contributed by atoms with Crippen molar-refractivity contribution in [2.45, 2.75) is 13.8 Å². The van der Waals surface area contributed by atoms with Gasteiger partial charge in [-0.15, -0.1) is 11.3 Å². The summed E-state index contributed by atoms with van der Waals surface area (Å²) in [5, 5.41) is 11.2. The standard InChI is InChI=1S/C14H12N2O2S2/c1-3-18-14(17)11-8(2)16-13(19)9(7-15)12(11)10-5-4-6-20-10/h4-6,11H,3H2,1-2H3. The minimum absolute atomic E-state index is 0.231. The lowest BCUT2D eigenvalue weighted by Crippen LogP contribution is -2.30. The molecule has 0 saturated carbocycles. The third-order valence-electron chi connectivity index (χ3n) is 2.89. The van der Waals surface area contributed by atoms with E-state index < -0.39 is 11.9 Å². The van der Waals surface area contributed by atoms with Crippen molar-refractivity contribution in [3.8, 4) is 6.07 Å². The Balaban J connectivity index is 2.60. The number of carbonyl (C=O) groups is 1. The molecule has 1 unspecified atom stereocenters. The number of aliphatic imine (C=N–C) groups is 1. The molecule has 0 amide bonds. The molecule has 2 heterocycles.